The fourth-order valence-corrected chi connectivity index (χ4v) is 17.3. The lowest BCUT2D eigenvalue weighted by Gasteiger charge is -2.47. The van der Waals surface area contributed by atoms with Gasteiger partial charge in [0.1, 0.15) is 42.3 Å². The molecule has 0 saturated carbocycles. The monoisotopic (exact) mass is 1650 g/mol. The summed E-state index contributed by atoms with van der Waals surface area (Å²) in [6.45, 7) is 35.1. The molecule has 5 aliphatic rings. The van der Waals surface area contributed by atoms with Crippen molar-refractivity contribution in [3.05, 3.63) is 122 Å². The van der Waals surface area contributed by atoms with Crippen molar-refractivity contribution >= 4 is 53.2 Å². The zero-order valence-corrected chi connectivity index (χ0v) is 72.6. The van der Waals surface area contributed by atoms with Gasteiger partial charge in [0.15, 0.2) is 47.2 Å². The molecule has 8 heterocycles. The van der Waals surface area contributed by atoms with Crippen LogP contribution >= 0.6 is 0 Å². The normalized spacial score (nSPS) is 34.7. The molecule has 24 atom stereocenters. The number of cyclic esters (lactones) is 2. The van der Waals surface area contributed by atoms with E-state index in [2.05, 4.69) is 28.1 Å². The molecule has 0 aliphatic carbocycles. The van der Waals surface area contributed by atoms with Gasteiger partial charge in [0.25, 0.3) is 0 Å². The van der Waals surface area contributed by atoms with Gasteiger partial charge in [-0.1, -0.05) is 79.8 Å². The highest BCUT2D eigenvalue weighted by molar-refractivity contribution is 6.01. The predicted octanol–water partition coefficient (Wildman–Crippen LogP) is 11.1. The maximum absolute atomic E-state index is 14.8. The van der Waals surface area contributed by atoms with Crippen LogP contribution in [0.4, 0.5) is 9.59 Å². The number of ether oxygens (including phenoxy) is 12. The number of Topliss-reactive ketones (excluding diaryl/α,β-unsaturated/α-hetero) is 4. The van der Waals surface area contributed by atoms with Crippen LogP contribution in [0.1, 0.15) is 166 Å². The Balaban J connectivity index is 0.000000296. The predicted molar refractivity (Wildman–Crippen MR) is 435 cm³/mol. The van der Waals surface area contributed by atoms with E-state index in [-0.39, 0.29) is 73.7 Å². The lowest BCUT2D eigenvalue weighted by atomic mass is 9.72. The minimum atomic E-state index is -1.80. The molecular weight excluding hydrogens is 1520 g/mol. The van der Waals surface area contributed by atoms with Gasteiger partial charge in [0.2, 0.25) is 5.88 Å². The molecule has 0 radical (unpaired) electrons. The Morgan fingerprint density at radius 3 is 1.79 bits per heavy atom. The summed E-state index contributed by atoms with van der Waals surface area (Å²) in [6, 6.07) is 10.7. The van der Waals surface area contributed by atoms with E-state index in [4.69, 9.17) is 56.8 Å². The number of esters is 3. The van der Waals surface area contributed by atoms with E-state index in [1.165, 1.54) is 65.0 Å². The number of aliphatic hydroxyl groups excluding tert-OH is 1. The summed E-state index contributed by atoms with van der Waals surface area (Å²) in [5.74, 6) is -10.1. The zero-order valence-electron chi connectivity index (χ0n) is 72.6. The molecule has 3 aromatic heterocycles. The Kier molecular flexibility index (Phi) is 32.9. The third-order valence-corrected chi connectivity index (χ3v) is 24.2. The molecule has 5 aliphatic heterocycles. The second-order valence-corrected chi connectivity index (χ2v) is 33.1. The number of hydrogen-bond acceptors (Lipinski definition) is 27. The van der Waals surface area contributed by atoms with Crippen molar-refractivity contribution in [3.8, 4) is 17.1 Å². The van der Waals surface area contributed by atoms with Crippen LogP contribution in [0.5, 0.6) is 5.88 Å². The van der Waals surface area contributed by atoms with Crippen LogP contribution in [0.2, 0.25) is 0 Å². The molecule has 0 spiro atoms. The van der Waals surface area contributed by atoms with Crippen molar-refractivity contribution in [1.82, 2.24) is 38.8 Å². The first-order chi connectivity index (χ1) is 55.8. The number of nitrogens with zero attached hydrogens (tertiary/aromatic N) is 8. The van der Waals surface area contributed by atoms with Crippen LogP contribution in [-0.2, 0) is 87.4 Å². The van der Waals surface area contributed by atoms with Crippen molar-refractivity contribution < 1.29 is 105 Å². The average molecular weight is 1650 g/mol. The van der Waals surface area contributed by atoms with Crippen molar-refractivity contribution in [2.24, 2.45) is 41.4 Å². The molecule has 1 amide bonds. The number of unbranched alkanes of at least 4 members (excludes halogenated alkanes) is 1. The molecule has 30 heteroatoms. The fourth-order valence-electron chi connectivity index (χ4n) is 17.3. The van der Waals surface area contributed by atoms with Gasteiger partial charge in [-0.25, -0.2) is 33.9 Å². The maximum atomic E-state index is 14.8. The number of aliphatic hydroxyl groups is 1. The van der Waals surface area contributed by atoms with E-state index in [9.17, 15) is 48.3 Å². The van der Waals surface area contributed by atoms with Crippen LogP contribution in [0.25, 0.3) is 11.3 Å². The Morgan fingerprint density at radius 2 is 1.25 bits per heavy atom. The number of aromatic nitrogens is 5. The number of pyridine rings is 1. The minimum Gasteiger partial charge on any atom is -0.478 e. The summed E-state index contributed by atoms with van der Waals surface area (Å²) in [4.78, 5) is 145. The van der Waals surface area contributed by atoms with E-state index >= 15 is 0 Å². The van der Waals surface area contributed by atoms with Crippen LogP contribution in [0, 0.1) is 41.4 Å². The number of aryl methyl sites for hydroxylation is 1. The number of carbonyl (C=O) groups is 9. The Labute approximate surface area is 694 Å². The highest BCUT2D eigenvalue weighted by Crippen LogP contribution is 2.46. The third kappa shape index (κ3) is 21.3. The first-order valence-electron chi connectivity index (χ1n) is 41.1. The summed E-state index contributed by atoms with van der Waals surface area (Å²) in [5, 5.41) is 11.5. The maximum Gasteiger partial charge on any atom is 0.420 e. The van der Waals surface area contributed by atoms with E-state index in [0.717, 1.165) is 15.8 Å². The number of allylic oxidation sites excluding steroid dienone is 1. The summed E-state index contributed by atoms with van der Waals surface area (Å²) in [7, 11) is 10.4. The number of benzene rings is 1. The Bertz CT molecular complexity index is 4140. The van der Waals surface area contributed by atoms with Crippen LogP contribution < -0.4 is 4.74 Å². The first-order valence-corrected chi connectivity index (χ1v) is 41.1. The highest BCUT2D eigenvalue weighted by Gasteiger charge is 2.62. The second kappa shape index (κ2) is 41.0. The molecule has 4 fully saturated rings. The number of methoxy groups -OCH3 is 2. The lowest BCUT2D eigenvalue weighted by Crippen LogP contribution is -2.60. The molecule has 118 heavy (non-hydrogen) atoms. The average Bonchev–Trinajstić information content (AvgIpc) is 1.58. The highest BCUT2D eigenvalue weighted by atomic mass is 16.7. The number of hydrogen-bond donors (Lipinski definition) is 1. The number of likely N-dealkylation sites (N-methyl/N-ethyl adjacent to an activating group) is 2. The second-order valence-electron chi connectivity index (χ2n) is 33.1. The summed E-state index contributed by atoms with van der Waals surface area (Å²) >= 11 is 0. The molecule has 1 N–H and O–H groups in total. The largest absolute Gasteiger partial charge is 0.478 e. The van der Waals surface area contributed by atoms with Crippen molar-refractivity contribution in [1.29, 1.82) is 0 Å². The van der Waals surface area contributed by atoms with E-state index < -0.39 is 161 Å². The number of fused-ring (bicyclic) bond motifs is 1. The number of carbonyl (C=O) groups excluding carboxylic acids is 9. The van der Waals surface area contributed by atoms with Gasteiger partial charge in [-0.2, -0.15) is 0 Å². The molecule has 30 nitrogen and oxygen atoms in total. The van der Waals surface area contributed by atoms with Crippen molar-refractivity contribution in [2.75, 3.05) is 55.6 Å². The standard InChI is InChI=1S/C46H69N5O11.C42H57N3O11/c1-13-35-46(14-2)40(51(44(56)62-46)21-17-16-20-50-25-33(48-26-50)32-18-19-36(47-24-32)58-15-3)29(6)37(52)27(4)23-45(9,57-12)41(30(7)38(53)31(8)42(55)60-35)61-43-39(54)34(49(10)11)22-28(5)59-43;1-12-32-42(13-2,56-40(50)45-20-19-43-24-45)23-26(4)33(46)25(3)22-41(8,51-11)36(28(6)34(47)29(7)37(48)53-32)55-39-35(31(44(9)10)21-27(5)52-39)54-38(49)30-17-15-14-16-18-30/h14,18-19,24-31,34-35,39-41,43,54H,2,13,15-17,20-23H2,1,3-12H3;13-20,23-25,27-29,31-32,35-36,39H,2,12,21-22H2,1,3-11H3/b;26-23+/t27-,28-,29+,30+,31-,34+,35-,39-,40-,41-,43?,45+,46-;25-,27-,28+,29-,31+,32-,35-,36-,39?,41+,42+/m11/s1. The van der Waals surface area contributed by atoms with Gasteiger partial charge in [-0.05, 0) is 177 Å². The zero-order chi connectivity index (χ0) is 87.2. The van der Waals surface area contributed by atoms with Gasteiger partial charge >= 0.3 is 30.1 Å². The topological polar surface area (TPSA) is 343 Å². The summed E-state index contributed by atoms with van der Waals surface area (Å²) in [6.07, 6.45) is 5.54. The van der Waals surface area contributed by atoms with E-state index in [1.54, 1.807) is 123 Å². The molecule has 9 rings (SSSR count). The molecule has 4 aromatic rings. The number of amides is 1. The van der Waals surface area contributed by atoms with Crippen molar-refractivity contribution in [2.45, 2.75) is 264 Å². The van der Waals surface area contributed by atoms with Crippen LogP contribution in [-0.4, -0.2) is 255 Å². The van der Waals surface area contributed by atoms with Gasteiger partial charge in [0, 0.05) is 99.4 Å². The number of rotatable bonds is 23. The Hall–Kier alpha value is -8.72. The van der Waals surface area contributed by atoms with E-state index in [1.807, 2.05) is 75.6 Å². The first kappa shape index (κ1) is 94.8. The molecule has 650 valence electrons. The van der Waals surface area contributed by atoms with Gasteiger partial charge in [-0.3, -0.25) is 33.7 Å². The summed E-state index contributed by atoms with van der Waals surface area (Å²) in [5.41, 5.74) is -3.88. The number of imidazole rings is 2. The Morgan fingerprint density at radius 1 is 0.686 bits per heavy atom. The van der Waals surface area contributed by atoms with Gasteiger partial charge < -0.3 is 76.3 Å². The van der Waals surface area contributed by atoms with Crippen LogP contribution in [0.3, 0.4) is 0 Å². The van der Waals surface area contributed by atoms with Crippen LogP contribution in [0.15, 0.2) is 117 Å². The molecule has 1 aromatic carbocycles. The molecule has 4 saturated heterocycles. The van der Waals surface area contributed by atoms with E-state index in [0.29, 0.717) is 50.3 Å². The molecule has 2 unspecified atom stereocenters. The summed E-state index contributed by atoms with van der Waals surface area (Å²) < 4.78 is 77.3. The third-order valence-electron chi connectivity index (χ3n) is 24.2. The number of ketones is 4. The van der Waals surface area contributed by atoms with Gasteiger partial charge in [0.05, 0.1) is 71.9 Å². The minimum absolute atomic E-state index is 0.0512. The lowest BCUT2D eigenvalue weighted by molar-refractivity contribution is -0.295. The fraction of sp³-hybridized carbons (Fsp3) is 0.636. The quantitative estimate of drug-likeness (QED) is 0.0237. The molecule has 0 bridgehead atoms. The SMILES string of the molecule is C=C[C@]1(OC(=O)n2ccnc2)/C=C(\C)C(=O)[C@H](C)C[C@](C)(OC)[C@H](OC2O[C@H](C)C[C@H](N(C)C)[C@H]2OC(=O)c2ccccc2)[C@@H](C)C(=O)[C@@H](C)C(=O)O[C@@H]1CC.C=C[C@]12OC(=O)N(CCCCn3cnc(-c4ccc(OCC)nc4)c3)[C@@H]1[C@@H](C)C(=O)[C@H](C)C[C@](C)(OC)[C@H](OC1O[C@H](C)C[C@H](N(C)C)[C@H]1O)[C@@H](C)C(=O)[C@@H](C)C(=O)O[C@@H]2CC. The smallest absolute Gasteiger partial charge is 0.420 e. The van der Waals surface area contributed by atoms with Crippen molar-refractivity contribution in [3.63, 3.8) is 0 Å². The van der Waals surface area contributed by atoms with Gasteiger partial charge in [-0.15, -0.1) is 0 Å². The molecular formula is C88H126N8O22.